The molecule has 0 aromatic carbocycles. The molecule has 0 atom stereocenters. The first kappa shape index (κ1) is 12.7. The Morgan fingerprint density at radius 2 is 2.35 bits per heavy atom. The van der Waals surface area contributed by atoms with E-state index in [0.29, 0.717) is 10.7 Å². The van der Waals surface area contributed by atoms with Gasteiger partial charge >= 0.3 is 0 Å². The Labute approximate surface area is 115 Å². The Morgan fingerprint density at radius 1 is 1.53 bits per heavy atom. The fourth-order valence-electron chi connectivity index (χ4n) is 1.22. The van der Waals surface area contributed by atoms with E-state index in [0.717, 1.165) is 21.6 Å². The van der Waals surface area contributed by atoms with Gasteiger partial charge in [-0.25, -0.2) is 0 Å². The van der Waals surface area contributed by atoms with Crippen LogP contribution in [0.2, 0.25) is 0 Å². The zero-order chi connectivity index (χ0) is 12.3. The molecule has 0 aliphatic carbocycles. The van der Waals surface area contributed by atoms with Gasteiger partial charge in [-0.3, -0.25) is 10.1 Å². The molecule has 0 spiro atoms. The number of thiophene rings is 1. The number of hydrogen-bond donors (Lipinski definition) is 1. The van der Waals surface area contributed by atoms with Gasteiger partial charge in [0.25, 0.3) is 5.91 Å². The lowest BCUT2D eigenvalue weighted by Crippen LogP contribution is -2.10. The summed E-state index contributed by atoms with van der Waals surface area (Å²) < 4.78 is 0.937. The molecule has 0 radical (unpaired) electrons. The van der Waals surface area contributed by atoms with Gasteiger partial charge in [0.15, 0.2) is 0 Å². The van der Waals surface area contributed by atoms with Crippen LogP contribution in [0.5, 0.6) is 0 Å². The maximum atomic E-state index is 11.8. The Morgan fingerprint density at radius 3 is 3.00 bits per heavy atom. The first-order valence-electron chi connectivity index (χ1n) is 5.07. The van der Waals surface area contributed by atoms with Gasteiger partial charge in [0, 0.05) is 11.8 Å². The number of anilines is 1. The minimum atomic E-state index is -0.147. The fraction of sp³-hybridized carbons (Fsp3) is 0.300. The van der Waals surface area contributed by atoms with Gasteiger partial charge in [-0.1, -0.05) is 18.3 Å². The first-order valence-corrected chi connectivity index (χ1v) is 7.55. The van der Waals surface area contributed by atoms with Crippen LogP contribution < -0.4 is 5.32 Å². The molecule has 1 N–H and O–H groups in total. The number of aryl methyl sites for hydroxylation is 1. The fourth-order valence-corrected chi connectivity index (χ4v) is 3.19. The lowest BCUT2D eigenvalue weighted by molar-refractivity contribution is 0.102. The van der Waals surface area contributed by atoms with Crippen LogP contribution in [0.1, 0.15) is 28.7 Å². The van der Waals surface area contributed by atoms with Crippen LogP contribution in [0.4, 0.5) is 5.13 Å². The third-order valence-electron chi connectivity index (χ3n) is 1.98. The van der Waals surface area contributed by atoms with Gasteiger partial charge in [0.2, 0.25) is 5.13 Å². The molecule has 7 heteroatoms. The lowest BCUT2D eigenvalue weighted by Gasteiger charge is -1.96. The van der Waals surface area contributed by atoms with Crippen LogP contribution in [0.25, 0.3) is 0 Å². The number of hydrogen-bond acceptors (Lipinski definition) is 5. The van der Waals surface area contributed by atoms with Crippen LogP contribution in [0.15, 0.2) is 15.2 Å². The monoisotopic (exact) mass is 331 g/mol. The van der Waals surface area contributed by atoms with Crippen molar-refractivity contribution in [2.75, 3.05) is 5.32 Å². The highest BCUT2D eigenvalue weighted by Gasteiger charge is 2.11. The summed E-state index contributed by atoms with van der Waals surface area (Å²) in [7, 11) is 0. The zero-order valence-corrected chi connectivity index (χ0v) is 12.3. The molecule has 2 aromatic heterocycles. The molecule has 90 valence electrons. The van der Waals surface area contributed by atoms with E-state index >= 15 is 0 Å². The van der Waals surface area contributed by atoms with Crippen molar-refractivity contribution in [1.82, 2.24) is 10.2 Å². The minimum absolute atomic E-state index is 0.147. The summed E-state index contributed by atoms with van der Waals surface area (Å²) in [4.78, 5) is 11.8. The Balaban J connectivity index is 2.02. The third-order valence-corrected chi connectivity index (χ3v) is 4.38. The van der Waals surface area contributed by atoms with Gasteiger partial charge in [-0.15, -0.1) is 21.5 Å². The van der Waals surface area contributed by atoms with Crippen molar-refractivity contribution >= 4 is 49.6 Å². The van der Waals surface area contributed by atoms with Gasteiger partial charge < -0.3 is 0 Å². The molecule has 4 nitrogen and oxygen atoms in total. The topological polar surface area (TPSA) is 54.9 Å². The van der Waals surface area contributed by atoms with Crippen molar-refractivity contribution in [2.45, 2.75) is 19.8 Å². The van der Waals surface area contributed by atoms with Crippen LogP contribution in [0, 0.1) is 0 Å². The lowest BCUT2D eigenvalue weighted by atomic mass is 10.3. The molecule has 2 aromatic rings. The van der Waals surface area contributed by atoms with Crippen molar-refractivity contribution in [1.29, 1.82) is 0 Å². The van der Waals surface area contributed by atoms with Crippen molar-refractivity contribution in [3.8, 4) is 0 Å². The Kier molecular flexibility index (Phi) is 4.25. The molecule has 1 amide bonds. The van der Waals surface area contributed by atoms with E-state index in [9.17, 15) is 4.79 Å². The summed E-state index contributed by atoms with van der Waals surface area (Å²) in [6, 6.07) is 1.79. The molecule has 0 aliphatic heterocycles. The van der Waals surface area contributed by atoms with Crippen LogP contribution in [-0.2, 0) is 6.42 Å². The molecule has 0 saturated carbocycles. The van der Waals surface area contributed by atoms with E-state index in [-0.39, 0.29) is 5.91 Å². The Bertz CT molecular complexity index is 523. The molecule has 0 unspecified atom stereocenters. The quantitative estimate of drug-likeness (QED) is 0.931. The number of carbonyl (C=O) groups is 1. The van der Waals surface area contributed by atoms with Crippen molar-refractivity contribution in [3.05, 3.63) is 25.8 Å². The molecule has 0 saturated heterocycles. The van der Waals surface area contributed by atoms with Crippen molar-refractivity contribution in [3.63, 3.8) is 0 Å². The minimum Gasteiger partial charge on any atom is -0.296 e. The summed E-state index contributed by atoms with van der Waals surface area (Å²) in [5.41, 5.74) is 0.633. The predicted octanol–water partition coefficient (Wildman–Crippen LogP) is 3.57. The normalized spacial score (nSPS) is 10.5. The van der Waals surface area contributed by atoms with Gasteiger partial charge in [-0.2, -0.15) is 0 Å². The second-order valence-electron chi connectivity index (χ2n) is 3.34. The van der Waals surface area contributed by atoms with E-state index in [1.165, 1.54) is 22.7 Å². The van der Waals surface area contributed by atoms with Crippen LogP contribution in [0.3, 0.4) is 0 Å². The van der Waals surface area contributed by atoms with E-state index in [4.69, 9.17) is 0 Å². The zero-order valence-electron chi connectivity index (χ0n) is 9.07. The second-order valence-corrected chi connectivity index (χ2v) is 6.70. The molecule has 17 heavy (non-hydrogen) atoms. The second kappa shape index (κ2) is 5.70. The number of nitrogens with zero attached hydrogens (tertiary/aromatic N) is 2. The highest BCUT2D eigenvalue weighted by Crippen LogP contribution is 2.22. The van der Waals surface area contributed by atoms with Gasteiger partial charge in [-0.05, 0) is 28.4 Å². The number of aromatic nitrogens is 2. The maximum absolute atomic E-state index is 11.8. The van der Waals surface area contributed by atoms with Gasteiger partial charge in [0.05, 0.1) is 9.35 Å². The summed E-state index contributed by atoms with van der Waals surface area (Å²) in [6.45, 7) is 2.09. The SMILES string of the molecule is CCCc1nnc(NC(=O)c2csc(Br)c2)s1. The number of halogens is 1. The number of amides is 1. The van der Waals surface area contributed by atoms with Crippen LogP contribution >= 0.6 is 38.6 Å². The van der Waals surface area contributed by atoms with Crippen LogP contribution in [-0.4, -0.2) is 16.1 Å². The average Bonchev–Trinajstić information content (AvgIpc) is 2.88. The molecule has 2 heterocycles. The van der Waals surface area contributed by atoms with E-state index < -0.39 is 0 Å². The smallest absolute Gasteiger partial charge is 0.258 e. The standard InChI is InChI=1S/C10H10BrN3OS2/c1-2-3-8-13-14-10(17-8)12-9(15)6-4-7(11)16-5-6/h4-5H,2-3H2,1H3,(H,12,14,15). The number of nitrogens with one attached hydrogen (secondary N) is 1. The highest BCUT2D eigenvalue weighted by molar-refractivity contribution is 9.11. The van der Waals surface area contributed by atoms with E-state index in [1.807, 2.05) is 0 Å². The first-order chi connectivity index (χ1) is 8.19. The summed E-state index contributed by atoms with van der Waals surface area (Å²) in [6.07, 6.45) is 1.93. The summed E-state index contributed by atoms with van der Waals surface area (Å²) in [5, 5.41) is 14.0. The van der Waals surface area contributed by atoms with Gasteiger partial charge in [0.1, 0.15) is 5.01 Å². The predicted molar refractivity (Wildman–Crippen MR) is 73.9 cm³/mol. The van der Waals surface area contributed by atoms with E-state index in [1.54, 1.807) is 11.4 Å². The third kappa shape index (κ3) is 3.34. The molecular weight excluding hydrogens is 322 g/mol. The number of rotatable bonds is 4. The van der Waals surface area contributed by atoms with Crippen molar-refractivity contribution in [2.24, 2.45) is 0 Å². The molecule has 2 rings (SSSR count). The maximum Gasteiger partial charge on any atom is 0.258 e. The van der Waals surface area contributed by atoms with Crippen molar-refractivity contribution < 1.29 is 4.79 Å². The number of carbonyl (C=O) groups excluding carboxylic acids is 1. The highest BCUT2D eigenvalue weighted by atomic mass is 79.9. The molecule has 0 aliphatic rings. The van der Waals surface area contributed by atoms with E-state index in [2.05, 4.69) is 38.4 Å². The molecular formula is C10H10BrN3OS2. The molecule has 0 fully saturated rings. The molecule has 0 bridgehead atoms. The average molecular weight is 332 g/mol. The summed E-state index contributed by atoms with van der Waals surface area (Å²) >= 11 is 6.23. The largest absolute Gasteiger partial charge is 0.296 e. The Hall–Kier alpha value is -0.790. The summed E-state index contributed by atoms with van der Waals surface area (Å²) in [5.74, 6) is -0.147.